The van der Waals surface area contributed by atoms with Crippen molar-refractivity contribution in [2.75, 3.05) is 0 Å². The Labute approximate surface area is 84.7 Å². The van der Waals surface area contributed by atoms with Crippen LogP contribution in [0.25, 0.3) is 0 Å². The third-order valence-corrected chi connectivity index (χ3v) is 2.37. The maximum atomic E-state index is 10.1. The average Bonchev–Trinajstić information content (AvgIpc) is 2.15. The molecule has 0 radical (unpaired) electrons. The highest BCUT2D eigenvalue weighted by molar-refractivity contribution is 5.39. The Morgan fingerprint density at radius 2 is 2.14 bits per heavy atom. The lowest BCUT2D eigenvalue weighted by Gasteiger charge is -2.12. The fourth-order valence-corrected chi connectivity index (χ4v) is 1.59. The quantitative estimate of drug-likeness (QED) is 0.531. The van der Waals surface area contributed by atoms with Crippen molar-refractivity contribution < 1.29 is 4.79 Å². The predicted octanol–water partition coefficient (Wildman–Crippen LogP) is 2.95. The van der Waals surface area contributed by atoms with Gasteiger partial charge in [-0.2, -0.15) is 0 Å². The van der Waals surface area contributed by atoms with Crippen LogP contribution in [-0.4, -0.2) is 6.08 Å². The highest BCUT2D eigenvalue weighted by atomic mass is 16.1. The van der Waals surface area contributed by atoms with E-state index in [0.717, 1.165) is 5.56 Å². The van der Waals surface area contributed by atoms with Crippen molar-refractivity contribution >= 4 is 6.08 Å². The SMILES string of the molecule is Cc1cccc(C(C)C)c1CN=C=O. The fourth-order valence-electron chi connectivity index (χ4n) is 1.59. The van der Waals surface area contributed by atoms with Gasteiger partial charge in [-0.25, -0.2) is 9.79 Å². The molecule has 0 aliphatic heterocycles. The molecule has 0 unspecified atom stereocenters. The zero-order valence-corrected chi connectivity index (χ0v) is 8.87. The van der Waals surface area contributed by atoms with Gasteiger partial charge in [-0.3, -0.25) is 0 Å². The van der Waals surface area contributed by atoms with Crippen molar-refractivity contribution in [2.24, 2.45) is 4.99 Å². The number of carbonyl (C=O) groups excluding carboxylic acids is 1. The Bertz CT molecular complexity index is 363. The van der Waals surface area contributed by atoms with Crippen molar-refractivity contribution in [3.63, 3.8) is 0 Å². The normalized spacial score (nSPS) is 10.0. The highest BCUT2D eigenvalue weighted by Gasteiger charge is 2.07. The van der Waals surface area contributed by atoms with E-state index >= 15 is 0 Å². The molecule has 0 aromatic heterocycles. The molecule has 1 aromatic rings. The van der Waals surface area contributed by atoms with Gasteiger partial charge < -0.3 is 0 Å². The molecule has 14 heavy (non-hydrogen) atoms. The van der Waals surface area contributed by atoms with E-state index in [-0.39, 0.29) is 0 Å². The fraction of sp³-hybridized carbons (Fsp3) is 0.417. The molecule has 1 rings (SSSR count). The molecule has 0 aliphatic carbocycles. The van der Waals surface area contributed by atoms with E-state index in [4.69, 9.17) is 0 Å². The second kappa shape index (κ2) is 4.73. The Kier molecular flexibility index (Phi) is 3.61. The van der Waals surface area contributed by atoms with Crippen LogP contribution >= 0.6 is 0 Å². The molecule has 1 aromatic carbocycles. The first kappa shape index (κ1) is 10.7. The van der Waals surface area contributed by atoms with Crippen LogP contribution in [0, 0.1) is 6.92 Å². The van der Waals surface area contributed by atoms with Crippen molar-refractivity contribution in [1.82, 2.24) is 0 Å². The monoisotopic (exact) mass is 189 g/mol. The summed E-state index contributed by atoms with van der Waals surface area (Å²) in [6.45, 7) is 6.77. The van der Waals surface area contributed by atoms with E-state index in [1.807, 2.05) is 19.1 Å². The van der Waals surface area contributed by atoms with Crippen molar-refractivity contribution in [3.05, 3.63) is 34.9 Å². The third-order valence-electron chi connectivity index (χ3n) is 2.37. The highest BCUT2D eigenvalue weighted by Crippen LogP contribution is 2.22. The molecule has 0 saturated carbocycles. The van der Waals surface area contributed by atoms with Gasteiger partial charge in [0.25, 0.3) is 0 Å². The minimum Gasteiger partial charge on any atom is -0.211 e. The summed E-state index contributed by atoms with van der Waals surface area (Å²) in [6, 6.07) is 6.17. The van der Waals surface area contributed by atoms with Crippen LogP contribution in [0.15, 0.2) is 23.2 Å². The van der Waals surface area contributed by atoms with E-state index < -0.39 is 0 Å². The van der Waals surface area contributed by atoms with Gasteiger partial charge >= 0.3 is 0 Å². The van der Waals surface area contributed by atoms with Crippen LogP contribution in [0.1, 0.15) is 36.5 Å². The zero-order chi connectivity index (χ0) is 10.6. The minimum absolute atomic E-state index is 0.448. The van der Waals surface area contributed by atoms with E-state index in [1.165, 1.54) is 11.1 Å². The van der Waals surface area contributed by atoms with Gasteiger partial charge in [0.1, 0.15) is 0 Å². The van der Waals surface area contributed by atoms with Gasteiger partial charge in [0.15, 0.2) is 0 Å². The first-order valence-corrected chi connectivity index (χ1v) is 4.78. The van der Waals surface area contributed by atoms with Gasteiger partial charge in [-0.15, -0.1) is 0 Å². The zero-order valence-electron chi connectivity index (χ0n) is 8.87. The lowest BCUT2D eigenvalue weighted by molar-refractivity contribution is 0.562. The molecule has 0 spiro atoms. The topological polar surface area (TPSA) is 29.4 Å². The van der Waals surface area contributed by atoms with Crippen LogP contribution < -0.4 is 0 Å². The van der Waals surface area contributed by atoms with Gasteiger partial charge in [0.2, 0.25) is 6.08 Å². The van der Waals surface area contributed by atoms with Gasteiger partial charge in [-0.1, -0.05) is 32.0 Å². The molecule has 0 bridgehead atoms. The van der Waals surface area contributed by atoms with Crippen molar-refractivity contribution in [3.8, 4) is 0 Å². The summed E-state index contributed by atoms with van der Waals surface area (Å²) < 4.78 is 0. The number of rotatable bonds is 3. The van der Waals surface area contributed by atoms with Gasteiger partial charge in [0.05, 0.1) is 6.54 Å². The summed E-state index contributed by atoms with van der Waals surface area (Å²) in [5.41, 5.74) is 3.62. The number of isocyanates is 1. The molecule has 0 aliphatic rings. The van der Waals surface area contributed by atoms with Crippen LogP contribution in [0.5, 0.6) is 0 Å². The summed E-state index contributed by atoms with van der Waals surface area (Å²) in [4.78, 5) is 13.7. The van der Waals surface area contributed by atoms with E-state index in [0.29, 0.717) is 12.5 Å². The molecule has 74 valence electrons. The lowest BCUT2D eigenvalue weighted by Crippen LogP contribution is -1.98. The third kappa shape index (κ3) is 2.30. The molecular weight excluding hydrogens is 174 g/mol. The number of nitrogens with zero attached hydrogens (tertiary/aromatic N) is 1. The summed E-state index contributed by atoms with van der Waals surface area (Å²) in [5.74, 6) is 0.465. The number of benzene rings is 1. The molecule has 0 saturated heterocycles. The van der Waals surface area contributed by atoms with Crippen LogP contribution in [-0.2, 0) is 11.3 Å². The summed E-state index contributed by atoms with van der Waals surface area (Å²) >= 11 is 0. The Balaban J connectivity index is 3.14. The first-order valence-electron chi connectivity index (χ1n) is 4.78. The first-order chi connectivity index (χ1) is 6.66. The molecule has 0 amide bonds. The summed E-state index contributed by atoms with van der Waals surface area (Å²) in [5, 5.41) is 0. The number of aliphatic imine (C=N–C) groups is 1. The predicted molar refractivity (Wildman–Crippen MR) is 57.1 cm³/mol. The lowest BCUT2D eigenvalue weighted by atomic mass is 9.94. The number of aryl methyl sites for hydroxylation is 1. The van der Waals surface area contributed by atoms with E-state index in [1.54, 1.807) is 6.08 Å². The summed E-state index contributed by atoms with van der Waals surface area (Å²) in [6.07, 6.45) is 1.58. The van der Waals surface area contributed by atoms with Crippen LogP contribution in [0.3, 0.4) is 0 Å². The van der Waals surface area contributed by atoms with E-state index in [2.05, 4.69) is 24.9 Å². The second-order valence-corrected chi connectivity index (χ2v) is 3.70. The van der Waals surface area contributed by atoms with Crippen LogP contribution in [0.2, 0.25) is 0 Å². The maximum Gasteiger partial charge on any atom is 0.235 e. The maximum absolute atomic E-state index is 10.1. The van der Waals surface area contributed by atoms with Crippen molar-refractivity contribution in [2.45, 2.75) is 33.2 Å². The molecule has 2 heteroatoms. The average molecular weight is 189 g/mol. The van der Waals surface area contributed by atoms with E-state index in [9.17, 15) is 4.79 Å². The smallest absolute Gasteiger partial charge is 0.211 e. The Hall–Kier alpha value is -1.40. The van der Waals surface area contributed by atoms with Gasteiger partial charge in [-0.05, 0) is 29.5 Å². The molecule has 0 heterocycles. The van der Waals surface area contributed by atoms with Crippen LogP contribution in [0.4, 0.5) is 0 Å². The second-order valence-electron chi connectivity index (χ2n) is 3.70. The minimum atomic E-state index is 0.448. The summed E-state index contributed by atoms with van der Waals surface area (Å²) in [7, 11) is 0. The molecular formula is C12H15NO. The molecule has 0 atom stereocenters. The standard InChI is InChI=1S/C12H15NO/c1-9(2)11-6-4-5-10(3)12(11)7-13-8-14/h4-6,9H,7H2,1-3H3. The Morgan fingerprint density at radius 1 is 1.43 bits per heavy atom. The molecule has 2 nitrogen and oxygen atoms in total. The molecule has 0 fully saturated rings. The van der Waals surface area contributed by atoms with Gasteiger partial charge in [0, 0.05) is 0 Å². The van der Waals surface area contributed by atoms with Crippen molar-refractivity contribution in [1.29, 1.82) is 0 Å². The largest absolute Gasteiger partial charge is 0.235 e. The Morgan fingerprint density at radius 3 is 2.71 bits per heavy atom. The molecule has 0 N–H and O–H groups in total. The number of hydrogen-bond acceptors (Lipinski definition) is 2. The number of hydrogen-bond donors (Lipinski definition) is 0.